The summed E-state index contributed by atoms with van der Waals surface area (Å²) >= 11 is 1.44. The predicted molar refractivity (Wildman–Crippen MR) is 73.7 cm³/mol. The lowest BCUT2D eigenvalue weighted by Crippen LogP contribution is -2.28. The van der Waals surface area contributed by atoms with Gasteiger partial charge in [0.15, 0.2) is 0 Å². The van der Waals surface area contributed by atoms with Crippen molar-refractivity contribution in [3.05, 3.63) is 23.2 Å². The second-order valence-corrected chi connectivity index (χ2v) is 5.89. The smallest absolute Gasteiger partial charge is 0.266 e. The van der Waals surface area contributed by atoms with Crippen LogP contribution < -0.4 is 5.73 Å². The Labute approximate surface area is 109 Å². The van der Waals surface area contributed by atoms with Gasteiger partial charge in [0.2, 0.25) is 0 Å². The van der Waals surface area contributed by atoms with E-state index in [1.807, 2.05) is 17.0 Å². The number of anilines is 1. The number of hydrogen-bond donors (Lipinski definition) is 1. The topological polar surface area (TPSA) is 59.2 Å². The third-order valence-corrected chi connectivity index (χ3v) is 4.54. The molecule has 0 spiro atoms. The zero-order valence-electron chi connectivity index (χ0n) is 10.2. The van der Waals surface area contributed by atoms with Gasteiger partial charge in [-0.1, -0.05) is 6.92 Å². The number of nitrogens with zero attached hydrogens (tertiary/aromatic N) is 2. The first-order valence-corrected chi connectivity index (χ1v) is 6.90. The third-order valence-electron chi connectivity index (χ3n) is 3.39. The number of pyridine rings is 1. The first-order chi connectivity index (χ1) is 8.66. The Bertz CT molecular complexity index is 607. The Kier molecular flexibility index (Phi) is 2.70. The molecule has 1 atom stereocenters. The molecule has 0 saturated carbocycles. The summed E-state index contributed by atoms with van der Waals surface area (Å²) in [5.41, 5.74) is 7.32. The number of amides is 1. The number of nitrogens with two attached hydrogens (primary N) is 1. The van der Waals surface area contributed by atoms with E-state index in [9.17, 15) is 4.79 Å². The van der Waals surface area contributed by atoms with Crippen LogP contribution in [0.15, 0.2) is 18.3 Å². The van der Waals surface area contributed by atoms with Gasteiger partial charge in [-0.3, -0.25) is 9.78 Å². The molecule has 1 unspecified atom stereocenters. The van der Waals surface area contributed by atoms with Crippen LogP contribution in [0.5, 0.6) is 0 Å². The van der Waals surface area contributed by atoms with Gasteiger partial charge in [-0.25, -0.2) is 0 Å². The van der Waals surface area contributed by atoms with Crippen molar-refractivity contribution in [2.24, 2.45) is 5.92 Å². The highest BCUT2D eigenvalue weighted by atomic mass is 32.1. The molecule has 4 nitrogen and oxygen atoms in total. The van der Waals surface area contributed by atoms with Crippen LogP contribution in [-0.2, 0) is 0 Å². The van der Waals surface area contributed by atoms with E-state index in [4.69, 9.17) is 5.73 Å². The molecule has 1 amide bonds. The summed E-state index contributed by atoms with van der Waals surface area (Å²) < 4.78 is 0.977. The fraction of sp³-hybridized carbons (Fsp3) is 0.385. The Hall–Kier alpha value is -1.62. The van der Waals surface area contributed by atoms with Crippen LogP contribution in [-0.4, -0.2) is 28.9 Å². The highest BCUT2D eigenvalue weighted by molar-refractivity contribution is 7.21. The third kappa shape index (κ3) is 1.75. The molecule has 1 aliphatic rings. The van der Waals surface area contributed by atoms with Gasteiger partial charge in [0, 0.05) is 19.3 Å². The molecule has 0 radical (unpaired) electrons. The number of likely N-dealkylation sites (tertiary alicyclic amines) is 1. The van der Waals surface area contributed by atoms with Gasteiger partial charge in [-0.05, 0) is 24.5 Å². The van der Waals surface area contributed by atoms with Crippen LogP contribution in [0.25, 0.3) is 10.2 Å². The second kappa shape index (κ2) is 4.24. The molecule has 1 fully saturated rings. The number of carbonyl (C=O) groups excluding carboxylic acids is 1. The summed E-state index contributed by atoms with van der Waals surface area (Å²) in [7, 11) is 0. The fourth-order valence-electron chi connectivity index (χ4n) is 2.37. The van der Waals surface area contributed by atoms with Crippen molar-refractivity contribution in [3.63, 3.8) is 0 Å². The summed E-state index contributed by atoms with van der Waals surface area (Å²) in [6.45, 7) is 3.84. The van der Waals surface area contributed by atoms with E-state index < -0.39 is 0 Å². The van der Waals surface area contributed by atoms with Gasteiger partial charge < -0.3 is 10.6 Å². The van der Waals surface area contributed by atoms with Gasteiger partial charge in [-0.15, -0.1) is 11.3 Å². The Morgan fingerprint density at radius 1 is 1.61 bits per heavy atom. The second-order valence-electron chi connectivity index (χ2n) is 4.84. The molecule has 3 rings (SSSR count). The number of nitrogen functional groups attached to an aromatic ring is 1. The van der Waals surface area contributed by atoms with E-state index in [1.165, 1.54) is 11.3 Å². The number of fused-ring (bicyclic) bond motifs is 1. The van der Waals surface area contributed by atoms with Crippen molar-refractivity contribution < 1.29 is 4.79 Å². The molecule has 18 heavy (non-hydrogen) atoms. The summed E-state index contributed by atoms with van der Waals surface area (Å²) in [6, 6.07) is 3.82. The van der Waals surface area contributed by atoms with Crippen molar-refractivity contribution in [1.82, 2.24) is 9.88 Å². The minimum absolute atomic E-state index is 0.0554. The van der Waals surface area contributed by atoms with E-state index in [-0.39, 0.29) is 5.91 Å². The molecule has 0 aliphatic carbocycles. The zero-order valence-corrected chi connectivity index (χ0v) is 11.0. The predicted octanol–water partition coefficient (Wildman–Crippen LogP) is 2.36. The van der Waals surface area contributed by atoms with Crippen LogP contribution in [0.4, 0.5) is 5.69 Å². The van der Waals surface area contributed by atoms with E-state index in [2.05, 4.69) is 11.9 Å². The van der Waals surface area contributed by atoms with Gasteiger partial charge in [-0.2, -0.15) is 0 Å². The summed E-state index contributed by atoms with van der Waals surface area (Å²) in [4.78, 5) is 19.2. The summed E-state index contributed by atoms with van der Waals surface area (Å²) in [5.74, 6) is 0.641. The Morgan fingerprint density at radius 3 is 3.11 bits per heavy atom. The maximum atomic E-state index is 12.4. The van der Waals surface area contributed by atoms with Gasteiger partial charge in [0.1, 0.15) is 10.4 Å². The fourth-order valence-corrected chi connectivity index (χ4v) is 3.42. The zero-order chi connectivity index (χ0) is 12.7. The number of carbonyl (C=O) groups is 1. The lowest BCUT2D eigenvalue weighted by atomic mass is 10.2. The number of aromatic nitrogens is 1. The monoisotopic (exact) mass is 261 g/mol. The quantitative estimate of drug-likeness (QED) is 0.857. The molecule has 2 aromatic heterocycles. The lowest BCUT2D eigenvalue weighted by molar-refractivity contribution is 0.0794. The highest BCUT2D eigenvalue weighted by Gasteiger charge is 2.27. The molecular weight excluding hydrogens is 246 g/mol. The molecule has 2 aromatic rings. The van der Waals surface area contributed by atoms with Crippen LogP contribution in [0.3, 0.4) is 0 Å². The first kappa shape index (κ1) is 11.5. The average Bonchev–Trinajstić information content (AvgIpc) is 2.94. The van der Waals surface area contributed by atoms with Crippen molar-refractivity contribution >= 4 is 33.1 Å². The van der Waals surface area contributed by atoms with Crippen molar-refractivity contribution in [2.45, 2.75) is 13.3 Å². The van der Waals surface area contributed by atoms with Crippen LogP contribution >= 0.6 is 11.3 Å². The van der Waals surface area contributed by atoms with Crippen molar-refractivity contribution in [2.75, 3.05) is 18.8 Å². The van der Waals surface area contributed by atoms with E-state index in [1.54, 1.807) is 6.20 Å². The molecule has 94 valence electrons. The number of thiophene rings is 1. The first-order valence-electron chi connectivity index (χ1n) is 6.09. The van der Waals surface area contributed by atoms with E-state index >= 15 is 0 Å². The van der Waals surface area contributed by atoms with Crippen LogP contribution in [0.1, 0.15) is 23.0 Å². The molecule has 3 heterocycles. The van der Waals surface area contributed by atoms with E-state index in [0.29, 0.717) is 16.5 Å². The molecule has 0 bridgehead atoms. The number of hydrogen-bond acceptors (Lipinski definition) is 4. The Morgan fingerprint density at radius 2 is 2.44 bits per heavy atom. The lowest BCUT2D eigenvalue weighted by Gasteiger charge is -2.14. The van der Waals surface area contributed by atoms with Crippen LogP contribution in [0, 0.1) is 5.92 Å². The highest BCUT2D eigenvalue weighted by Crippen LogP contribution is 2.33. The Balaban J connectivity index is 1.99. The molecule has 0 aromatic carbocycles. The SMILES string of the molecule is CC1CCN(C(=O)c2sc3cccnc3c2N)C1. The summed E-state index contributed by atoms with van der Waals surface area (Å²) in [5, 5.41) is 0. The minimum Gasteiger partial charge on any atom is -0.396 e. The van der Waals surface area contributed by atoms with E-state index in [0.717, 1.165) is 29.7 Å². The largest absolute Gasteiger partial charge is 0.396 e. The molecule has 2 N–H and O–H groups in total. The van der Waals surface area contributed by atoms with Gasteiger partial charge >= 0.3 is 0 Å². The normalized spacial score (nSPS) is 19.6. The summed E-state index contributed by atoms with van der Waals surface area (Å²) in [6.07, 6.45) is 2.78. The number of rotatable bonds is 1. The minimum atomic E-state index is 0.0554. The molecule has 1 saturated heterocycles. The molecular formula is C13H15N3OS. The maximum Gasteiger partial charge on any atom is 0.266 e. The van der Waals surface area contributed by atoms with Crippen molar-refractivity contribution in [3.8, 4) is 0 Å². The van der Waals surface area contributed by atoms with Crippen molar-refractivity contribution in [1.29, 1.82) is 0 Å². The van der Waals surface area contributed by atoms with Gasteiger partial charge in [0.05, 0.1) is 10.4 Å². The molecule has 1 aliphatic heterocycles. The standard InChI is InChI=1S/C13H15N3OS/c1-8-4-6-16(7-8)13(17)12-10(14)11-9(18-12)3-2-5-15-11/h2-3,5,8H,4,6-7,14H2,1H3. The molecule has 5 heteroatoms. The van der Waals surface area contributed by atoms with Crippen LogP contribution in [0.2, 0.25) is 0 Å². The average molecular weight is 261 g/mol. The maximum absolute atomic E-state index is 12.4. The van der Waals surface area contributed by atoms with Gasteiger partial charge in [0.25, 0.3) is 5.91 Å².